The largest absolute Gasteiger partial charge is 0.364 e. The number of nitrogens with one attached hydrogen (secondary N) is 1. The molecular weight excluding hydrogens is 293 g/mol. The second-order valence-corrected chi connectivity index (χ2v) is 4.99. The molecule has 6 heteroatoms. The van der Waals surface area contributed by atoms with Gasteiger partial charge in [0, 0.05) is 22.6 Å². The Morgan fingerprint density at radius 3 is 2.41 bits per heavy atom. The summed E-state index contributed by atoms with van der Waals surface area (Å²) in [5.41, 5.74) is 6.48. The van der Waals surface area contributed by atoms with Gasteiger partial charge in [-0.1, -0.05) is 0 Å². The number of carbonyl (C=O) groups excluding carboxylic acids is 1. The zero-order valence-electron chi connectivity index (χ0n) is 11.5. The van der Waals surface area contributed by atoms with Gasteiger partial charge in [0.2, 0.25) is 0 Å². The summed E-state index contributed by atoms with van der Waals surface area (Å²) < 4.78 is 40.9. The first-order valence-electron chi connectivity index (χ1n) is 6.45. The molecule has 112 valence electrons. The molecule has 1 heterocycles. The average molecular weight is 304 g/mol. The lowest BCUT2D eigenvalue weighted by Gasteiger charge is -2.06. The minimum Gasteiger partial charge on any atom is -0.364 e. The van der Waals surface area contributed by atoms with E-state index in [4.69, 9.17) is 5.73 Å². The van der Waals surface area contributed by atoms with E-state index in [1.54, 1.807) is 6.92 Å². The first-order chi connectivity index (χ1) is 10.4. The molecule has 0 saturated carbocycles. The fourth-order valence-corrected chi connectivity index (χ4v) is 2.56. The van der Waals surface area contributed by atoms with Crippen molar-refractivity contribution in [3.8, 4) is 11.1 Å². The van der Waals surface area contributed by atoms with Gasteiger partial charge >= 0.3 is 0 Å². The van der Waals surface area contributed by atoms with E-state index in [0.717, 1.165) is 18.2 Å². The second kappa shape index (κ2) is 4.91. The number of aromatic amines is 1. The number of hydrogen-bond donors (Lipinski definition) is 2. The van der Waals surface area contributed by atoms with Gasteiger partial charge in [-0.2, -0.15) is 0 Å². The van der Waals surface area contributed by atoms with Gasteiger partial charge in [-0.15, -0.1) is 0 Å². The topological polar surface area (TPSA) is 58.9 Å². The molecule has 0 atom stereocenters. The highest BCUT2D eigenvalue weighted by Crippen LogP contribution is 2.34. The highest BCUT2D eigenvalue weighted by molar-refractivity contribution is 6.04. The van der Waals surface area contributed by atoms with E-state index in [2.05, 4.69) is 4.98 Å². The van der Waals surface area contributed by atoms with Crippen LogP contribution in [-0.2, 0) is 0 Å². The lowest BCUT2D eigenvalue weighted by Crippen LogP contribution is -2.12. The van der Waals surface area contributed by atoms with Crippen LogP contribution in [0.3, 0.4) is 0 Å². The van der Waals surface area contributed by atoms with Crippen molar-refractivity contribution in [1.29, 1.82) is 0 Å². The van der Waals surface area contributed by atoms with Crippen LogP contribution in [-0.4, -0.2) is 10.9 Å². The fourth-order valence-electron chi connectivity index (χ4n) is 2.56. The van der Waals surface area contributed by atoms with Crippen molar-refractivity contribution in [2.45, 2.75) is 6.92 Å². The first-order valence-corrected chi connectivity index (χ1v) is 6.45. The van der Waals surface area contributed by atoms with Crippen LogP contribution in [0.5, 0.6) is 0 Å². The predicted molar refractivity (Wildman–Crippen MR) is 76.9 cm³/mol. The van der Waals surface area contributed by atoms with Crippen LogP contribution in [0.2, 0.25) is 0 Å². The fraction of sp³-hybridized carbons (Fsp3) is 0.0625. The van der Waals surface area contributed by atoms with E-state index in [-0.39, 0.29) is 16.8 Å². The molecule has 0 aliphatic carbocycles. The Labute approximate surface area is 123 Å². The van der Waals surface area contributed by atoms with Gasteiger partial charge in [0.1, 0.15) is 23.1 Å². The maximum Gasteiger partial charge on any atom is 0.265 e. The van der Waals surface area contributed by atoms with Crippen molar-refractivity contribution >= 4 is 16.8 Å². The SMILES string of the molecule is Cc1c(C(N)=O)[nH]c2c(-c3ccc(F)cc3F)cc(F)cc12. The normalized spacial score (nSPS) is 11.1. The highest BCUT2D eigenvalue weighted by Gasteiger charge is 2.18. The van der Waals surface area contributed by atoms with Crippen LogP contribution in [0.15, 0.2) is 30.3 Å². The first kappa shape index (κ1) is 14.2. The number of halogens is 3. The number of hydrogen-bond acceptors (Lipinski definition) is 1. The summed E-state index contributed by atoms with van der Waals surface area (Å²) >= 11 is 0. The van der Waals surface area contributed by atoms with E-state index in [1.165, 1.54) is 12.1 Å². The summed E-state index contributed by atoms with van der Waals surface area (Å²) in [7, 11) is 0. The third-order valence-electron chi connectivity index (χ3n) is 3.60. The Hall–Kier alpha value is -2.76. The number of fused-ring (bicyclic) bond motifs is 1. The number of amides is 1. The van der Waals surface area contributed by atoms with Crippen LogP contribution in [0.25, 0.3) is 22.0 Å². The smallest absolute Gasteiger partial charge is 0.265 e. The zero-order chi connectivity index (χ0) is 16.0. The third kappa shape index (κ3) is 2.13. The standard InChI is InChI=1S/C16H11F3N2O/c1-7-11-4-9(18)5-12(15(11)21-14(7)16(20)22)10-3-2-8(17)6-13(10)19/h2-6,21H,1H3,(H2,20,22). The molecule has 0 bridgehead atoms. The van der Waals surface area contributed by atoms with E-state index < -0.39 is 23.4 Å². The molecule has 1 amide bonds. The van der Waals surface area contributed by atoms with Gasteiger partial charge in [-0.3, -0.25) is 4.79 Å². The Kier molecular flexibility index (Phi) is 3.16. The second-order valence-electron chi connectivity index (χ2n) is 4.99. The van der Waals surface area contributed by atoms with Crippen LogP contribution < -0.4 is 5.73 Å². The molecule has 0 aliphatic heterocycles. The molecule has 22 heavy (non-hydrogen) atoms. The minimum absolute atomic E-state index is 0.0307. The molecular formula is C16H11F3N2O. The number of aryl methyl sites for hydroxylation is 1. The lowest BCUT2D eigenvalue weighted by molar-refractivity contribution is 0.0996. The van der Waals surface area contributed by atoms with E-state index in [0.29, 0.717) is 16.5 Å². The Balaban J connectivity index is 2.38. The Morgan fingerprint density at radius 2 is 1.77 bits per heavy atom. The molecule has 3 nitrogen and oxygen atoms in total. The van der Waals surface area contributed by atoms with Gasteiger partial charge in [-0.05, 0) is 36.8 Å². The van der Waals surface area contributed by atoms with Crippen molar-refractivity contribution in [2.75, 3.05) is 0 Å². The molecule has 0 saturated heterocycles. The lowest BCUT2D eigenvalue weighted by atomic mass is 10.0. The van der Waals surface area contributed by atoms with Gasteiger partial charge < -0.3 is 10.7 Å². The summed E-state index contributed by atoms with van der Waals surface area (Å²) in [5, 5.41) is 0.424. The number of carbonyl (C=O) groups is 1. The molecule has 3 aromatic rings. The summed E-state index contributed by atoms with van der Waals surface area (Å²) in [6, 6.07) is 5.38. The van der Waals surface area contributed by atoms with Crippen LogP contribution in [0.1, 0.15) is 16.1 Å². The van der Waals surface area contributed by atoms with Crippen molar-refractivity contribution in [1.82, 2.24) is 4.98 Å². The molecule has 0 spiro atoms. The van der Waals surface area contributed by atoms with Gasteiger partial charge in [0.05, 0.1) is 5.52 Å². The van der Waals surface area contributed by atoms with Crippen molar-refractivity contribution in [3.63, 3.8) is 0 Å². The Bertz CT molecular complexity index is 915. The Morgan fingerprint density at radius 1 is 1.05 bits per heavy atom. The van der Waals surface area contributed by atoms with Gasteiger partial charge in [0.15, 0.2) is 0 Å². The van der Waals surface area contributed by atoms with Crippen molar-refractivity contribution in [3.05, 3.63) is 59.0 Å². The summed E-state index contributed by atoms with van der Waals surface area (Å²) in [4.78, 5) is 14.2. The van der Waals surface area contributed by atoms with Gasteiger partial charge in [-0.25, -0.2) is 13.2 Å². The molecule has 1 aromatic heterocycles. The maximum absolute atomic E-state index is 14.0. The molecule has 3 N–H and O–H groups in total. The van der Waals surface area contributed by atoms with E-state index in [9.17, 15) is 18.0 Å². The molecule has 0 aliphatic rings. The molecule has 0 radical (unpaired) electrons. The molecule has 0 unspecified atom stereocenters. The molecule has 3 rings (SSSR count). The van der Waals surface area contributed by atoms with Crippen LogP contribution in [0, 0.1) is 24.4 Å². The van der Waals surface area contributed by atoms with Gasteiger partial charge in [0.25, 0.3) is 5.91 Å². The molecule has 2 aromatic carbocycles. The number of rotatable bonds is 2. The van der Waals surface area contributed by atoms with Crippen LogP contribution in [0.4, 0.5) is 13.2 Å². The maximum atomic E-state index is 14.0. The minimum atomic E-state index is -0.820. The third-order valence-corrected chi connectivity index (χ3v) is 3.60. The van der Waals surface area contributed by atoms with Crippen molar-refractivity contribution < 1.29 is 18.0 Å². The van der Waals surface area contributed by atoms with E-state index >= 15 is 0 Å². The number of nitrogens with two attached hydrogens (primary N) is 1. The monoisotopic (exact) mass is 304 g/mol. The zero-order valence-corrected chi connectivity index (χ0v) is 11.5. The van der Waals surface area contributed by atoms with Crippen LogP contribution >= 0.6 is 0 Å². The number of primary amides is 1. The predicted octanol–water partition coefficient (Wildman–Crippen LogP) is 3.66. The summed E-state index contributed by atoms with van der Waals surface area (Å²) in [6.45, 7) is 1.61. The summed E-state index contributed by atoms with van der Waals surface area (Å²) in [6.07, 6.45) is 0. The average Bonchev–Trinajstić information content (AvgIpc) is 2.76. The number of aromatic nitrogens is 1. The highest BCUT2D eigenvalue weighted by atomic mass is 19.1. The quantitative estimate of drug-likeness (QED) is 0.746. The summed E-state index contributed by atoms with van der Waals surface area (Å²) in [5.74, 6) is -2.84. The van der Waals surface area contributed by atoms with Crippen molar-refractivity contribution in [2.24, 2.45) is 5.73 Å². The number of H-pyrrole nitrogens is 1. The number of benzene rings is 2. The molecule has 0 fully saturated rings. The van der Waals surface area contributed by atoms with E-state index in [1.807, 2.05) is 0 Å².